The third-order valence-corrected chi connectivity index (χ3v) is 2.95. The van der Waals surface area contributed by atoms with Crippen LogP contribution >= 0.6 is 0 Å². The molecule has 0 fully saturated rings. The number of nitrogens with two attached hydrogens (primary N) is 1. The van der Waals surface area contributed by atoms with Crippen molar-refractivity contribution in [2.75, 3.05) is 6.54 Å². The van der Waals surface area contributed by atoms with Crippen LogP contribution in [0.1, 0.15) is 38.4 Å². The lowest BCUT2D eigenvalue weighted by Crippen LogP contribution is -2.37. The molecule has 0 aromatic carbocycles. The first-order chi connectivity index (χ1) is 8.58. The van der Waals surface area contributed by atoms with Gasteiger partial charge in [0.15, 0.2) is 0 Å². The second-order valence-electron chi connectivity index (χ2n) is 4.31. The summed E-state index contributed by atoms with van der Waals surface area (Å²) in [5, 5.41) is 16.6. The van der Waals surface area contributed by atoms with Gasteiger partial charge in [-0.2, -0.15) is 5.10 Å². The van der Waals surface area contributed by atoms with Gasteiger partial charge in [-0.1, -0.05) is 13.8 Å². The Morgan fingerprint density at radius 3 is 2.78 bits per heavy atom. The second-order valence-corrected chi connectivity index (χ2v) is 4.31. The summed E-state index contributed by atoms with van der Waals surface area (Å²) in [6.07, 6.45) is 2.90. The Bertz CT molecular complexity index is 374. The molecule has 4 N–H and O–H groups in total. The molecule has 1 amide bonds. The van der Waals surface area contributed by atoms with Crippen LogP contribution in [0.3, 0.4) is 0 Å². The van der Waals surface area contributed by atoms with Crippen LogP contribution in [0.5, 0.6) is 0 Å². The van der Waals surface area contributed by atoms with Gasteiger partial charge in [-0.25, -0.2) is 0 Å². The van der Waals surface area contributed by atoms with Crippen LogP contribution in [0.15, 0.2) is 12.3 Å². The first kappa shape index (κ1) is 14.7. The number of hydrogen-bond acceptors (Lipinski definition) is 4. The van der Waals surface area contributed by atoms with Crippen LogP contribution < -0.4 is 11.1 Å². The summed E-state index contributed by atoms with van der Waals surface area (Å²) in [4.78, 5) is 10.6. The van der Waals surface area contributed by atoms with Crippen LogP contribution in [0.4, 0.5) is 0 Å². The molecule has 18 heavy (non-hydrogen) atoms. The summed E-state index contributed by atoms with van der Waals surface area (Å²) in [5.41, 5.74) is 5.83. The van der Waals surface area contributed by atoms with Gasteiger partial charge in [0, 0.05) is 19.3 Å². The third-order valence-electron chi connectivity index (χ3n) is 2.95. The Labute approximate surface area is 107 Å². The molecule has 0 spiro atoms. The Morgan fingerprint density at radius 2 is 2.22 bits per heavy atom. The number of primary amides is 1. The highest BCUT2D eigenvalue weighted by atomic mass is 16.3. The SMILES string of the molecule is CCC(CC)n1ccc(CNCC(O)C(N)=O)n1. The van der Waals surface area contributed by atoms with E-state index in [0.29, 0.717) is 12.6 Å². The first-order valence-corrected chi connectivity index (χ1v) is 6.30. The summed E-state index contributed by atoms with van der Waals surface area (Å²) >= 11 is 0. The highest BCUT2D eigenvalue weighted by Crippen LogP contribution is 2.14. The number of amides is 1. The fourth-order valence-corrected chi connectivity index (χ4v) is 1.78. The Balaban J connectivity index is 2.42. The molecule has 0 aliphatic rings. The lowest BCUT2D eigenvalue weighted by Gasteiger charge is -2.12. The van der Waals surface area contributed by atoms with Crippen molar-refractivity contribution in [2.24, 2.45) is 5.73 Å². The smallest absolute Gasteiger partial charge is 0.247 e. The number of aliphatic hydroxyl groups excluding tert-OH is 1. The lowest BCUT2D eigenvalue weighted by molar-refractivity contribution is -0.125. The number of rotatable bonds is 8. The number of carbonyl (C=O) groups excluding carboxylic acids is 1. The van der Waals surface area contributed by atoms with E-state index in [1.54, 1.807) is 0 Å². The zero-order valence-corrected chi connectivity index (χ0v) is 11.0. The van der Waals surface area contributed by atoms with Gasteiger partial charge in [0.2, 0.25) is 5.91 Å². The molecule has 0 saturated carbocycles. The van der Waals surface area contributed by atoms with Gasteiger partial charge in [-0.3, -0.25) is 9.48 Å². The van der Waals surface area contributed by atoms with Crippen LogP contribution in [0, 0.1) is 0 Å². The minimum atomic E-state index is -1.15. The average molecular weight is 254 g/mol. The Hall–Kier alpha value is -1.40. The molecule has 0 bridgehead atoms. The predicted octanol–water partition coefficient (Wildman–Crippen LogP) is 0.180. The molecule has 6 nitrogen and oxygen atoms in total. The Morgan fingerprint density at radius 1 is 1.56 bits per heavy atom. The molecule has 1 atom stereocenters. The lowest BCUT2D eigenvalue weighted by atomic mass is 10.2. The van der Waals surface area contributed by atoms with E-state index in [1.807, 2.05) is 16.9 Å². The quantitative estimate of drug-likeness (QED) is 0.617. The molecule has 1 unspecified atom stereocenters. The van der Waals surface area contributed by atoms with E-state index >= 15 is 0 Å². The maximum Gasteiger partial charge on any atom is 0.247 e. The van der Waals surface area contributed by atoms with E-state index in [1.165, 1.54) is 0 Å². The molecule has 102 valence electrons. The van der Waals surface area contributed by atoms with E-state index in [9.17, 15) is 9.90 Å². The van der Waals surface area contributed by atoms with Crippen molar-refractivity contribution in [3.05, 3.63) is 18.0 Å². The van der Waals surface area contributed by atoms with E-state index in [4.69, 9.17) is 5.73 Å². The number of nitrogens with zero attached hydrogens (tertiary/aromatic N) is 2. The molecule has 1 aromatic rings. The molecule has 1 heterocycles. The van der Waals surface area contributed by atoms with Gasteiger partial charge in [0.1, 0.15) is 6.10 Å². The number of hydrogen-bond donors (Lipinski definition) is 3. The Kier molecular flexibility index (Phi) is 5.80. The zero-order chi connectivity index (χ0) is 13.5. The number of aliphatic hydroxyl groups is 1. The molecular formula is C12H22N4O2. The number of nitrogens with one attached hydrogen (secondary N) is 1. The fraction of sp³-hybridized carbons (Fsp3) is 0.667. The zero-order valence-electron chi connectivity index (χ0n) is 11.0. The summed E-state index contributed by atoms with van der Waals surface area (Å²) in [6.45, 7) is 4.93. The summed E-state index contributed by atoms with van der Waals surface area (Å²) < 4.78 is 1.96. The van der Waals surface area contributed by atoms with E-state index in [2.05, 4.69) is 24.3 Å². The van der Waals surface area contributed by atoms with Gasteiger partial charge in [0.05, 0.1) is 11.7 Å². The van der Waals surface area contributed by atoms with Crippen LogP contribution in [0.25, 0.3) is 0 Å². The van der Waals surface area contributed by atoms with Crippen molar-refractivity contribution in [2.45, 2.75) is 45.4 Å². The monoisotopic (exact) mass is 254 g/mol. The van der Waals surface area contributed by atoms with Crippen molar-refractivity contribution in [3.63, 3.8) is 0 Å². The second kappa shape index (κ2) is 7.13. The minimum Gasteiger partial charge on any atom is -0.382 e. The summed E-state index contributed by atoms with van der Waals surface area (Å²) in [6, 6.07) is 2.36. The average Bonchev–Trinajstić information content (AvgIpc) is 2.79. The molecule has 0 aliphatic carbocycles. The summed E-state index contributed by atoms with van der Waals surface area (Å²) in [5.74, 6) is -0.718. The first-order valence-electron chi connectivity index (χ1n) is 6.30. The van der Waals surface area contributed by atoms with Crippen LogP contribution in [-0.4, -0.2) is 33.4 Å². The normalized spacial score (nSPS) is 12.9. The van der Waals surface area contributed by atoms with Gasteiger partial charge < -0.3 is 16.2 Å². The largest absolute Gasteiger partial charge is 0.382 e. The van der Waals surface area contributed by atoms with Crippen molar-refractivity contribution >= 4 is 5.91 Å². The van der Waals surface area contributed by atoms with Gasteiger partial charge in [-0.15, -0.1) is 0 Å². The van der Waals surface area contributed by atoms with Crippen molar-refractivity contribution in [3.8, 4) is 0 Å². The van der Waals surface area contributed by atoms with E-state index in [0.717, 1.165) is 18.5 Å². The predicted molar refractivity (Wildman–Crippen MR) is 68.8 cm³/mol. The van der Waals surface area contributed by atoms with Gasteiger partial charge in [0.25, 0.3) is 0 Å². The van der Waals surface area contributed by atoms with Crippen molar-refractivity contribution in [1.29, 1.82) is 0 Å². The maximum atomic E-state index is 10.6. The third kappa shape index (κ3) is 4.12. The maximum absolute atomic E-state index is 10.6. The molecule has 0 saturated heterocycles. The standard InChI is InChI=1S/C12H22N4O2/c1-3-10(4-2)16-6-5-9(15-16)7-14-8-11(17)12(13)18/h5-6,10-11,14,17H,3-4,7-8H2,1-2H3,(H2,13,18). The highest BCUT2D eigenvalue weighted by molar-refractivity contribution is 5.78. The molecule has 0 radical (unpaired) electrons. The highest BCUT2D eigenvalue weighted by Gasteiger charge is 2.11. The topological polar surface area (TPSA) is 93.2 Å². The molecule has 1 aromatic heterocycles. The molecule has 0 aliphatic heterocycles. The molecule has 6 heteroatoms. The number of carbonyl (C=O) groups is 1. The van der Waals surface area contributed by atoms with Crippen molar-refractivity contribution < 1.29 is 9.90 Å². The van der Waals surface area contributed by atoms with Gasteiger partial charge >= 0.3 is 0 Å². The molecular weight excluding hydrogens is 232 g/mol. The minimum absolute atomic E-state index is 0.146. The van der Waals surface area contributed by atoms with E-state index < -0.39 is 12.0 Å². The van der Waals surface area contributed by atoms with Crippen LogP contribution in [0.2, 0.25) is 0 Å². The van der Waals surface area contributed by atoms with Crippen molar-refractivity contribution in [1.82, 2.24) is 15.1 Å². The van der Waals surface area contributed by atoms with Gasteiger partial charge in [-0.05, 0) is 18.9 Å². The fourth-order valence-electron chi connectivity index (χ4n) is 1.78. The number of aromatic nitrogens is 2. The van der Waals surface area contributed by atoms with E-state index in [-0.39, 0.29) is 6.54 Å². The van der Waals surface area contributed by atoms with Crippen LogP contribution in [-0.2, 0) is 11.3 Å². The molecule has 1 rings (SSSR count). The summed E-state index contributed by atoms with van der Waals surface area (Å²) in [7, 11) is 0.